The van der Waals surface area contributed by atoms with Crippen molar-refractivity contribution in [2.75, 3.05) is 0 Å². The first-order valence-corrected chi connectivity index (χ1v) is 15.7. The van der Waals surface area contributed by atoms with E-state index in [2.05, 4.69) is 41.5 Å². The van der Waals surface area contributed by atoms with Crippen molar-refractivity contribution < 1.29 is 93.2 Å². The van der Waals surface area contributed by atoms with Crippen LogP contribution < -0.4 is 69.3 Å². The van der Waals surface area contributed by atoms with Crippen molar-refractivity contribution in [2.45, 2.75) is 125 Å². The van der Waals surface area contributed by atoms with Gasteiger partial charge in [0, 0.05) is 28.7 Å². The van der Waals surface area contributed by atoms with Gasteiger partial charge in [0.2, 0.25) is 0 Å². The van der Waals surface area contributed by atoms with Crippen LogP contribution in [0.3, 0.4) is 0 Å². The summed E-state index contributed by atoms with van der Waals surface area (Å²) in [5.41, 5.74) is -0.823. The number of carbonyl (C=O) groups excluding carboxylic acids is 4. The quantitative estimate of drug-likeness (QED) is 0.264. The maximum atomic E-state index is 14.4. The molecule has 0 aromatic carbocycles. The number of rotatable bonds is 5. The van der Waals surface area contributed by atoms with Gasteiger partial charge in [-0.05, 0) is 104 Å². The zero-order chi connectivity index (χ0) is 30.4. The first-order chi connectivity index (χ1) is 18.8. The molecule has 0 N–H and O–H groups in total. The predicted molar refractivity (Wildman–Crippen MR) is 149 cm³/mol. The molecule has 9 heteroatoms. The van der Waals surface area contributed by atoms with Gasteiger partial charge in [-0.1, -0.05) is 54.0 Å². The fraction of sp³-hybridized carbons (Fsp3) is 0.824. The molecule has 4 saturated carbocycles. The third-order valence-electron chi connectivity index (χ3n) is 13.8. The smallest absolute Gasteiger partial charge is 0.550 e. The van der Waals surface area contributed by atoms with Gasteiger partial charge >= 0.3 is 65.1 Å². The van der Waals surface area contributed by atoms with E-state index in [-0.39, 0.29) is 129 Å². The number of carboxylic acids is 2. The molecule has 0 heterocycles. The molecule has 0 amide bonds. The molecule has 0 aromatic rings. The largest absolute Gasteiger partial charge is 1.00 e. The summed E-state index contributed by atoms with van der Waals surface area (Å²) in [6.07, 6.45) is 8.26. The molecule has 43 heavy (non-hydrogen) atoms. The summed E-state index contributed by atoms with van der Waals surface area (Å²) >= 11 is 0. The summed E-state index contributed by atoms with van der Waals surface area (Å²) in [5.74, 6) is -2.53. The van der Waals surface area contributed by atoms with Crippen molar-refractivity contribution in [3.63, 3.8) is 0 Å². The van der Waals surface area contributed by atoms with Crippen LogP contribution in [-0.2, 0) is 23.9 Å². The molecule has 0 spiro atoms. The summed E-state index contributed by atoms with van der Waals surface area (Å²) < 4.78 is 5.87. The molecule has 0 radical (unpaired) electrons. The number of carbonyl (C=O) groups is 4. The van der Waals surface area contributed by atoms with Crippen LogP contribution in [0, 0.1) is 50.2 Å². The summed E-state index contributed by atoms with van der Waals surface area (Å²) in [6.45, 7) is 15.3. The first-order valence-electron chi connectivity index (χ1n) is 15.7. The molecular weight excluding hydrogens is 566 g/mol. The minimum Gasteiger partial charge on any atom is -0.550 e. The van der Waals surface area contributed by atoms with Gasteiger partial charge < -0.3 is 24.5 Å². The van der Waals surface area contributed by atoms with Crippen molar-refractivity contribution in [1.82, 2.24) is 0 Å². The summed E-state index contributed by atoms with van der Waals surface area (Å²) in [5, 5.41) is 23.1. The molecule has 2 unspecified atom stereocenters. The second-order valence-corrected chi connectivity index (χ2v) is 16.3. The van der Waals surface area contributed by atoms with Gasteiger partial charge in [0.25, 0.3) is 0 Å². The van der Waals surface area contributed by atoms with Crippen molar-refractivity contribution in [2.24, 2.45) is 50.2 Å². The van der Waals surface area contributed by atoms with E-state index in [9.17, 15) is 29.4 Å². The van der Waals surface area contributed by atoms with Gasteiger partial charge in [0.05, 0.1) is 6.42 Å². The molecule has 228 valence electrons. The average molecular weight is 615 g/mol. The standard InChI is InChI=1S/C34H50O7.2Na/c1-29(2)23-10-13-34(7)27(32(23,5)12-11-24(29)41-26(38)9-8-25(36)37)22(35)18-20-21-19-31(4,28(39)40)15-14-30(21,3)16-17-33(20,34)6;;/h18,21,23-24,27H,8-17,19H2,1-7H3,(H,36,37)(H,39,40);;/q;2*+1/p-2/t21-,23?,24-,27+,30+,31?,32-,33+,34+;;/m0../s1. The molecule has 5 aliphatic carbocycles. The normalized spacial score (nSPS) is 44.4. The summed E-state index contributed by atoms with van der Waals surface area (Å²) in [7, 11) is 0. The van der Waals surface area contributed by atoms with E-state index >= 15 is 0 Å². The summed E-state index contributed by atoms with van der Waals surface area (Å²) in [6, 6.07) is 0. The molecule has 7 nitrogen and oxygen atoms in total. The molecule has 0 saturated heterocycles. The Morgan fingerprint density at radius 2 is 1.49 bits per heavy atom. The Labute approximate surface area is 301 Å². The van der Waals surface area contributed by atoms with E-state index in [1.54, 1.807) is 0 Å². The SMILES string of the molecule is CC1(C(=O)[O-])CC[C@]2(C)CC[C@]3(C)C(=CC(=O)[C@@H]4[C@@]5(C)CC[C@H](OC(=O)CCC(=O)[O-])C(C)(C)C5CC[C@]43C)[C@@H]2C1.[Na+].[Na+]. The second kappa shape index (κ2) is 12.1. The van der Waals surface area contributed by atoms with Crippen molar-refractivity contribution in [1.29, 1.82) is 0 Å². The fourth-order valence-electron chi connectivity index (χ4n) is 11.0. The topological polar surface area (TPSA) is 124 Å². The average Bonchev–Trinajstić information content (AvgIpc) is 2.86. The molecule has 5 aliphatic rings. The van der Waals surface area contributed by atoms with E-state index in [1.807, 2.05) is 13.0 Å². The van der Waals surface area contributed by atoms with Crippen LogP contribution in [0.1, 0.15) is 119 Å². The molecular formula is C34H48Na2O7. The molecule has 0 aromatic heterocycles. The molecule has 0 bridgehead atoms. The van der Waals surface area contributed by atoms with Gasteiger partial charge in [0.1, 0.15) is 6.10 Å². The number of fused-ring (bicyclic) bond motifs is 7. The monoisotopic (exact) mass is 614 g/mol. The molecule has 0 aliphatic heterocycles. The minimum atomic E-state index is -1.26. The van der Waals surface area contributed by atoms with E-state index < -0.39 is 23.3 Å². The van der Waals surface area contributed by atoms with Gasteiger partial charge in [0.15, 0.2) is 5.78 Å². The maximum Gasteiger partial charge on any atom is 1.00 e. The van der Waals surface area contributed by atoms with Crippen LogP contribution in [0.5, 0.6) is 0 Å². The van der Waals surface area contributed by atoms with E-state index in [4.69, 9.17) is 4.74 Å². The Balaban J connectivity index is 0.00000253. The predicted octanol–water partition coefficient (Wildman–Crippen LogP) is -1.83. The van der Waals surface area contributed by atoms with Crippen molar-refractivity contribution >= 4 is 23.7 Å². The number of aliphatic carboxylic acids is 2. The van der Waals surface area contributed by atoms with Crippen LogP contribution in [0.4, 0.5) is 0 Å². The second-order valence-electron chi connectivity index (χ2n) is 16.3. The van der Waals surface area contributed by atoms with Crippen LogP contribution in [0.2, 0.25) is 0 Å². The zero-order valence-electron chi connectivity index (χ0n) is 28.0. The zero-order valence-corrected chi connectivity index (χ0v) is 32.0. The molecule has 4 fully saturated rings. The fourth-order valence-corrected chi connectivity index (χ4v) is 11.0. The number of ketones is 1. The Morgan fingerprint density at radius 1 is 0.860 bits per heavy atom. The minimum absolute atomic E-state index is 0. The van der Waals surface area contributed by atoms with Crippen LogP contribution >= 0.6 is 0 Å². The van der Waals surface area contributed by atoms with Gasteiger partial charge in [-0.25, -0.2) is 0 Å². The van der Waals surface area contributed by atoms with Crippen molar-refractivity contribution in [3.05, 3.63) is 11.6 Å². The third kappa shape index (κ3) is 5.60. The number of allylic oxidation sites excluding steroid dienone is 2. The van der Waals surface area contributed by atoms with Crippen molar-refractivity contribution in [3.8, 4) is 0 Å². The number of esters is 1. The molecule has 9 atom stereocenters. The van der Waals surface area contributed by atoms with Crippen LogP contribution in [-0.4, -0.2) is 29.8 Å². The summed E-state index contributed by atoms with van der Waals surface area (Å²) in [4.78, 5) is 50.0. The number of hydrogen-bond donors (Lipinski definition) is 0. The maximum absolute atomic E-state index is 14.4. The molecule has 5 rings (SSSR count). The number of ether oxygens (including phenoxy) is 1. The third-order valence-corrected chi connectivity index (χ3v) is 13.8. The van der Waals surface area contributed by atoms with E-state index in [1.165, 1.54) is 5.57 Å². The Bertz CT molecular complexity index is 1210. The van der Waals surface area contributed by atoms with Gasteiger partial charge in [-0.3, -0.25) is 9.59 Å². The van der Waals surface area contributed by atoms with Gasteiger partial charge in [-0.2, -0.15) is 0 Å². The van der Waals surface area contributed by atoms with Gasteiger partial charge in [-0.15, -0.1) is 0 Å². The Kier molecular flexibility index (Phi) is 10.5. The Morgan fingerprint density at radius 3 is 2.09 bits per heavy atom. The van der Waals surface area contributed by atoms with E-state index in [0.29, 0.717) is 19.3 Å². The Hall–Kier alpha value is -0.180. The van der Waals surface area contributed by atoms with Crippen LogP contribution in [0.25, 0.3) is 0 Å². The van der Waals surface area contributed by atoms with Crippen LogP contribution in [0.15, 0.2) is 11.6 Å². The number of hydrogen-bond acceptors (Lipinski definition) is 7. The first kappa shape index (κ1) is 37.3. The van der Waals surface area contributed by atoms with E-state index in [0.717, 1.165) is 38.5 Å². The number of carboxylic acid groups (broad SMARTS) is 2.